The van der Waals surface area contributed by atoms with Crippen LogP contribution in [0.5, 0.6) is 0 Å². The number of nitrogen functional groups attached to an aromatic ring is 1. The Hall–Kier alpha value is -1.71. The van der Waals surface area contributed by atoms with Crippen molar-refractivity contribution in [3.8, 4) is 0 Å². The van der Waals surface area contributed by atoms with E-state index in [9.17, 15) is 8.78 Å². The molecule has 0 spiro atoms. The number of anilines is 1. The van der Waals surface area contributed by atoms with Gasteiger partial charge in [-0.1, -0.05) is 6.92 Å². The Balaban J connectivity index is 2.98. The predicted molar refractivity (Wildman–Crippen MR) is 60.2 cm³/mol. The highest BCUT2D eigenvalue weighted by molar-refractivity contribution is 5.93. The number of benzene rings is 1. The SMILES string of the molecule is CCc1c(C)nc2c(F)ccc(F)c2c1N. The Morgan fingerprint density at radius 1 is 1.25 bits per heavy atom. The summed E-state index contributed by atoms with van der Waals surface area (Å²) in [6.07, 6.45) is 0.649. The van der Waals surface area contributed by atoms with E-state index in [1.165, 1.54) is 0 Å². The van der Waals surface area contributed by atoms with Gasteiger partial charge in [-0.05, 0) is 31.0 Å². The quantitative estimate of drug-likeness (QED) is 0.805. The van der Waals surface area contributed by atoms with Crippen LogP contribution in [0.15, 0.2) is 12.1 Å². The molecule has 1 aromatic heterocycles. The van der Waals surface area contributed by atoms with Gasteiger partial charge in [-0.15, -0.1) is 0 Å². The molecule has 1 aromatic carbocycles. The van der Waals surface area contributed by atoms with Gasteiger partial charge in [0, 0.05) is 11.4 Å². The molecule has 2 nitrogen and oxygen atoms in total. The topological polar surface area (TPSA) is 38.9 Å². The Morgan fingerprint density at radius 3 is 2.50 bits per heavy atom. The van der Waals surface area contributed by atoms with Crippen LogP contribution in [0.3, 0.4) is 0 Å². The number of nitrogens with two attached hydrogens (primary N) is 1. The largest absolute Gasteiger partial charge is 0.398 e. The van der Waals surface area contributed by atoms with E-state index in [-0.39, 0.29) is 10.9 Å². The summed E-state index contributed by atoms with van der Waals surface area (Å²) < 4.78 is 27.1. The van der Waals surface area contributed by atoms with E-state index in [2.05, 4.69) is 4.98 Å². The summed E-state index contributed by atoms with van der Waals surface area (Å²) in [4.78, 5) is 4.07. The highest BCUT2D eigenvalue weighted by Gasteiger charge is 2.15. The molecule has 0 fully saturated rings. The van der Waals surface area contributed by atoms with E-state index in [1.807, 2.05) is 6.92 Å². The first kappa shape index (κ1) is 10.8. The highest BCUT2D eigenvalue weighted by Crippen LogP contribution is 2.29. The van der Waals surface area contributed by atoms with Crippen molar-refractivity contribution in [1.82, 2.24) is 4.98 Å². The van der Waals surface area contributed by atoms with Gasteiger partial charge >= 0.3 is 0 Å². The van der Waals surface area contributed by atoms with Gasteiger partial charge in [0.15, 0.2) is 0 Å². The lowest BCUT2D eigenvalue weighted by Crippen LogP contribution is -2.03. The maximum atomic E-state index is 13.6. The van der Waals surface area contributed by atoms with Crippen LogP contribution in [0.4, 0.5) is 14.5 Å². The second-order valence-electron chi connectivity index (χ2n) is 3.70. The molecule has 0 saturated heterocycles. The van der Waals surface area contributed by atoms with E-state index in [1.54, 1.807) is 6.92 Å². The average molecular weight is 222 g/mol. The Labute approximate surface area is 92.1 Å². The van der Waals surface area contributed by atoms with Gasteiger partial charge in [-0.3, -0.25) is 0 Å². The van der Waals surface area contributed by atoms with E-state index in [4.69, 9.17) is 5.73 Å². The summed E-state index contributed by atoms with van der Waals surface area (Å²) in [5, 5.41) is 0.0856. The maximum Gasteiger partial charge on any atom is 0.149 e. The fourth-order valence-corrected chi connectivity index (χ4v) is 1.93. The van der Waals surface area contributed by atoms with Crippen molar-refractivity contribution < 1.29 is 8.78 Å². The number of aryl methyl sites for hydroxylation is 1. The van der Waals surface area contributed by atoms with E-state index >= 15 is 0 Å². The van der Waals surface area contributed by atoms with Crippen LogP contribution in [0.25, 0.3) is 10.9 Å². The lowest BCUT2D eigenvalue weighted by Gasteiger charge is -2.11. The van der Waals surface area contributed by atoms with E-state index < -0.39 is 11.6 Å². The van der Waals surface area contributed by atoms with Gasteiger partial charge in [-0.2, -0.15) is 0 Å². The smallest absolute Gasteiger partial charge is 0.149 e. The van der Waals surface area contributed by atoms with Crippen molar-refractivity contribution in [3.05, 3.63) is 35.0 Å². The minimum Gasteiger partial charge on any atom is -0.398 e. The number of fused-ring (bicyclic) bond motifs is 1. The Kier molecular flexibility index (Phi) is 2.50. The van der Waals surface area contributed by atoms with Gasteiger partial charge in [-0.25, -0.2) is 13.8 Å². The second-order valence-corrected chi connectivity index (χ2v) is 3.70. The normalized spacial score (nSPS) is 11.0. The summed E-state index contributed by atoms with van der Waals surface area (Å²) in [7, 11) is 0. The van der Waals surface area contributed by atoms with Gasteiger partial charge in [0.25, 0.3) is 0 Å². The predicted octanol–water partition coefficient (Wildman–Crippen LogP) is 2.97. The second kappa shape index (κ2) is 3.70. The molecule has 0 radical (unpaired) electrons. The summed E-state index contributed by atoms with van der Waals surface area (Å²) in [6, 6.07) is 2.14. The number of halogens is 2. The first-order chi connectivity index (χ1) is 7.56. The first-order valence-corrected chi connectivity index (χ1v) is 5.09. The molecule has 2 rings (SSSR count). The molecular weight excluding hydrogens is 210 g/mol. The van der Waals surface area contributed by atoms with Gasteiger partial charge in [0.05, 0.1) is 5.39 Å². The van der Waals surface area contributed by atoms with Crippen LogP contribution in [-0.4, -0.2) is 4.98 Å². The number of aromatic nitrogens is 1. The van der Waals surface area contributed by atoms with Crippen LogP contribution in [-0.2, 0) is 6.42 Å². The van der Waals surface area contributed by atoms with E-state index in [0.717, 1.165) is 17.7 Å². The van der Waals surface area contributed by atoms with Crippen LogP contribution in [0.2, 0.25) is 0 Å². The van der Waals surface area contributed by atoms with Crippen LogP contribution in [0, 0.1) is 18.6 Å². The molecule has 16 heavy (non-hydrogen) atoms. The molecule has 0 unspecified atom stereocenters. The maximum absolute atomic E-state index is 13.6. The fourth-order valence-electron chi connectivity index (χ4n) is 1.93. The van der Waals surface area contributed by atoms with Gasteiger partial charge in [0.1, 0.15) is 17.2 Å². The standard InChI is InChI=1S/C12H12F2N2/c1-3-7-6(2)16-12-9(14)5-4-8(13)10(12)11(7)15/h4-5H,3H2,1-2H3,(H2,15,16). The van der Waals surface area contributed by atoms with E-state index in [0.29, 0.717) is 17.8 Å². The average Bonchev–Trinajstić information content (AvgIpc) is 2.24. The van der Waals surface area contributed by atoms with Crippen LogP contribution in [0.1, 0.15) is 18.2 Å². The summed E-state index contributed by atoms with van der Waals surface area (Å²) >= 11 is 0. The van der Waals surface area contributed by atoms with Crippen LogP contribution >= 0.6 is 0 Å². The molecule has 1 heterocycles. The Morgan fingerprint density at radius 2 is 1.88 bits per heavy atom. The molecule has 2 N–H and O–H groups in total. The van der Waals surface area contributed by atoms with Crippen LogP contribution < -0.4 is 5.73 Å². The van der Waals surface area contributed by atoms with Gasteiger partial charge < -0.3 is 5.73 Å². The number of hydrogen-bond donors (Lipinski definition) is 1. The lowest BCUT2D eigenvalue weighted by molar-refractivity contribution is 0.615. The fraction of sp³-hybridized carbons (Fsp3) is 0.250. The highest BCUT2D eigenvalue weighted by atomic mass is 19.1. The summed E-state index contributed by atoms with van der Waals surface area (Å²) in [5.41, 5.74) is 7.58. The molecule has 0 bridgehead atoms. The minimum absolute atomic E-state index is 0.00667. The molecule has 0 aliphatic heterocycles. The molecule has 0 amide bonds. The third-order valence-electron chi connectivity index (χ3n) is 2.74. The number of rotatable bonds is 1. The van der Waals surface area contributed by atoms with Crippen molar-refractivity contribution in [2.45, 2.75) is 20.3 Å². The molecule has 4 heteroatoms. The molecule has 84 valence electrons. The van der Waals surface area contributed by atoms with Gasteiger partial charge in [0.2, 0.25) is 0 Å². The molecular formula is C12H12F2N2. The number of pyridine rings is 1. The van der Waals surface area contributed by atoms with Crippen molar-refractivity contribution in [1.29, 1.82) is 0 Å². The zero-order valence-electron chi connectivity index (χ0n) is 9.14. The molecule has 2 aromatic rings. The summed E-state index contributed by atoms with van der Waals surface area (Å²) in [6.45, 7) is 3.66. The van der Waals surface area contributed by atoms with Crippen molar-refractivity contribution >= 4 is 16.6 Å². The third kappa shape index (κ3) is 1.41. The number of hydrogen-bond acceptors (Lipinski definition) is 2. The number of nitrogens with zero attached hydrogens (tertiary/aromatic N) is 1. The molecule has 0 aliphatic rings. The summed E-state index contributed by atoms with van der Waals surface area (Å²) in [5.74, 6) is -1.08. The zero-order valence-corrected chi connectivity index (χ0v) is 9.14. The van der Waals surface area contributed by atoms with Crippen molar-refractivity contribution in [2.75, 3.05) is 5.73 Å². The third-order valence-corrected chi connectivity index (χ3v) is 2.74. The first-order valence-electron chi connectivity index (χ1n) is 5.09. The zero-order chi connectivity index (χ0) is 11.9. The minimum atomic E-state index is -0.547. The van der Waals surface area contributed by atoms with Crippen molar-refractivity contribution in [3.63, 3.8) is 0 Å². The Bertz CT molecular complexity index is 565. The molecule has 0 saturated carbocycles. The van der Waals surface area contributed by atoms with Crippen molar-refractivity contribution in [2.24, 2.45) is 0 Å². The molecule has 0 aliphatic carbocycles. The lowest BCUT2D eigenvalue weighted by atomic mass is 10.0. The monoisotopic (exact) mass is 222 g/mol. The molecule has 0 atom stereocenters.